The summed E-state index contributed by atoms with van der Waals surface area (Å²) in [5, 5.41) is 11.4. The molecule has 2 heterocycles. The molecule has 110 valence electrons. The molecule has 1 atom stereocenters. The van der Waals surface area contributed by atoms with Crippen LogP contribution in [0.2, 0.25) is 5.02 Å². The second-order valence-electron chi connectivity index (χ2n) is 4.88. The van der Waals surface area contributed by atoms with Crippen molar-refractivity contribution in [1.29, 1.82) is 0 Å². The van der Waals surface area contributed by atoms with Crippen molar-refractivity contribution in [3.8, 4) is 5.75 Å². The summed E-state index contributed by atoms with van der Waals surface area (Å²) in [5.74, 6) is 0.617. The number of ether oxygens (including phenoxy) is 1. The first-order chi connectivity index (χ1) is 10.1. The van der Waals surface area contributed by atoms with Crippen LogP contribution in [0.3, 0.4) is 0 Å². The van der Waals surface area contributed by atoms with Gasteiger partial charge >= 0.3 is 0 Å². The molecule has 7 nitrogen and oxygen atoms in total. The lowest BCUT2D eigenvalue weighted by molar-refractivity contribution is -0.143. The van der Waals surface area contributed by atoms with E-state index in [1.807, 2.05) is 18.2 Å². The number of halogens is 1. The Kier molecular flexibility index (Phi) is 3.74. The summed E-state index contributed by atoms with van der Waals surface area (Å²) in [6.45, 7) is 2.84. The highest BCUT2D eigenvalue weighted by molar-refractivity contribution is 6.32. The molecule has 1 saturated heterocycles. The molecule has 1 amide bonds. The highest BCUT2D eigenvalue weighted by Crippen LogP contribution is 2.27. The van der Waals surface area contributed by atoms with E-state index in [1.165, 1.54) is 11.0 Å². The van der Waals surface area contributed by atoms with Gasteiger partial charge in [-0.25, -0.2) is 4.68 Å². The molecule has 3 rings (SSSR count). The molecule has 2 aromatic rings. The number of carbonyl (C=O) groups excluding carboxylic acids is 1. The van der Waals surface area contributed by atoms with Gasteiger partial charge in [-0.2, -0.15) is 0 Å². The fourth-order valence-electron chi connectivity index (χ4n) is 2.14. The van der Waals surface area contributed by atoms with Gasteiger partial charge in [-0.1, -0.05) is 23.7 Å². The largest absolute Gasteiger partial charge is 0.485 e. The SMILES string of the molecule is CC(C(=O)N1CC(Oc2ccccc2Cl)C1)n1cnnn1. The van der Waals surface area contributed by atoms with Gasteiger partial charge in [0.05, 0.1) is 18.1 Å². The summed E-state index contributed by atoms with van der Waals surface area (Å²) in [6, 6.07) is 6.89. The second-order valence-corrected chi connectivity index (χ2v) is 5.29. The number of hydrogen-bond acceptors (Lipinski definition) is 5. The minimum Gasteiger partial charge on any atom is -0.485 e. The first-order valence-corrected chi connectivity index (χ1v) is 6.95. The van der Waals surface area contributed by atoms with E-state index < -0.39 is 6.04 Å². The summed E-state index contributed by atoms with van der Waals surface area (Å²) in [6.07, 6.45) is 1.40. The highest BCUT2D eigenvalue weighted by Gasteiger charge is 2.35. The summed E-state index contributed by atoms with van der Waals surface area (Å²) in [5.41, 5.74) is 0. The van der Waals surface area contributed by atoms with Crippen molar-refractivity contribution in [2.24, 2.45) is 0 Å². The third-order valence-corrected chi connectivity index (χ3v) is 3.72. The monoisotopic (exact) mass is 307 g/mol. The van der Waals surface area contributed by atoms with Crippen LogP contribution in [0.5, 0.6) is 5.75 Å². The lowest BCUT2D eigenvalue weighted by atomic mass is 10.1. The third kappa shape index (κ3) is 2.82. The van der Waals surface area contributed by atoms with Crippen molar-refractivity contribution < 1.29 is 9.53 Å². The van der Waals surface area contributed by atoms with Gasteiger partial charge in [-0.05, 0) is 29.5 Å². The van der Waals surface area contributed by atoms with Crippen LogP contribution in [0, 0.1) is 0 Å². The molecular formula is C13H14ClN5O2. The normalized spacial score (nSPS) is 16.4. The topological polar surface area (TPSA) is 73.1 Å². The Labute approximate surface area is 126 Å². The zero-order valence-corrected chi connectivity index (χ0v) is 12.1. The first kappa shape index (κ1) is 13.8. The minimum absolute atomic E-state index is 0.0266. The van der Waals surface area contributed by atoms with Crippen molar-refractivity contribution >= 4 is 17.5 Å². The van der Waals surface area contributed by atoms with E-state index in [9.17, 15) is 4.79 Å². The number of para-hydroxylation sites is 1. The zero-order valence-electron chi connectivity index (χ0n) is 11.4. The molecule has 1 aromatic heterocycles. The molecule has 1 aromatic carbocycles. The van der Waals surface area contributed by atoms with Crippen LogP contribution in [0.1, 0.15) is 13.0 Å². The number of carbonyl (C=O) groups is 1. The van der Waals surface area contributed by atoms with Crippen LogP contribution < -0.4 is 4.74 Å². The maximum atomic E-state index is 12.2. The Balaban J connectivity index is 1.54. The van der Waals surface area contributed by atoms with Gasteiger partial charge in [0.1, 0.15) is 24.2 Å². The summed E-state index contributed by atoms with van der Waals surface area (Å²) < 4.78 is 7.19. The number of likely N-dealkylation sites (tertiary alicyclic amines) is 1. The van der Waals surface area contributed by atoms with Gasteiger partial charge in [0.25, 0.3) is 0 Å². The van der Waals surface area contributed by atoms with E-state index in [2.05, 4.69) is 15.5 Å². The Morgan fingerprint density at radius 2 is 2.19 bits per heavy atom. The molecular weight excluding hydrogens is 294 g/mol. The molecule has 0 aliphatic carbocycles. The predicted molar refractivity (Wildman–Crippen MR) is 75.0 cm³/mol. The van der Waals surface area contributed by atoms with Crippen molar-refractivity contribution in [2.45, 2.75) is 19.1 Å². The van der Waals surface area contributed by atoms with E-state index in [4.69, 9.17) is 16.3 Å². The van der Waals surface area contributed by atoms with E-state index in [1.54, 1.807) is 17.9 Å². The van der Waals surface area contributed by atoms with Crippen LogP contribution in [-0.4, -0.2) is 50.2 Å². The van der Waals surface area contributed by atoms with Crippen molar-refractivity contribution in [2.75, 3.05) is 13.1 Å². The minimum atomic E-state index is -0.415. The van der Waals surface area contributed by atoms with E-state index in [-0.39, 0.29) is 12.0 Å². The third-order valence-electron chi connectivity index (χ3n) is 3.41. The molecule has 0 radical (unpaired) electrons. The van der Waals surface area contributed by atoms with Gasteiger partial charge in [0, 0.05) is 0 Å². The lowest BCUT2D eigenvalue weighted by Crippen LogP contribution is -2.57. The average molecular weight is 308 g/mol. The van der Waals surface area contributed by atoms with Crippen LogP contribution in [0.25, 0.3) is 0 Å². The number of aromatic nitrogens is 4. The maximum absolute atomic E-state index is 12.2. The molecule has 0 bridgehead atoms. The molecule has 21 heavy (non-hydrogen) atoms. The van der Waals surface area contributed by atoms with Gasteiger partial charge in [0.15, 0.2) is 0 Å². The maximum Gasteiger partial charge on any atom is 0.247 e. The predicted octanol–water partition coefficient (Wildman–Crippen LogP) is 1.18. The molecule has 1 aliphatic heterocycles. The number of rotatable bonds is 4. The van der Waals surface area contributed by atoms with E-state index >= 15 is 0 Å². The van der Waals surface area contributed by atoms with E-state index in [0.29, 0.717) is 23.9 Å². The molecule has 0 N–H and O–H groups in total. The number of hydrogen-bond donors (Lipinski definition) is 0. The zero-order chi connectivity index (χ0) is 14.8. The average Bonchev–Trinajstić information content (AvgIpc) is 2.96. The molecule has 0 spiro atoms. The molecule has 8 heteroatoms. The summed E-state index contributed by atoms with van der Waals surface area (Å²) in [7, 11) is 0. The number of benzene rings is 1. The van der Waals surface area contributed by atoms with Gasteiger partial charge in [0.2, 0.25) is 5.91 Å². The number of amides is 1. The fourth-order valence-corrected chi connectivity index (χ4v) is 2.32. The Morgan fingerprint density at radius 3 is 2.86 bits per heavy atom. The highest BCUT2D eigenvalue weighted by atomic mass is 35.5. The van der Waals surface area contributed by atoms with Crippen molar-refractivity contribution in [1.82, 2.24) is 25.1 Å². The summed E-state index contributed by atoms with van der Waals surface area (Å²) >= 11 is 6.04. The Morgan fingerprint density at radius 1 is 1.43 bits per heavy atom. The fraction of sp³-hybridized carbons (Fsp3) is 0.385. The Bertz CT molecular complexity index is 627. The van der Waals surface area contributed by atoms with Crippen molar-refractivity contribution in [3.05, 3.63) is 35.6 Å². The number of nitrogens with zero attached hydrogens (tertiary/aromatic N) is 5. The smallest absolute Gasteiger partial charge is 0.247 e. The lowest BCUT2D eigenvalue weighted by Gasteiger charge is -2.40. The first-order valence-electron chi connectivity index (χ1n) is 6.57. The van der Waals surface area contributed by atoms with Gasteiger partial charge in [-0.15, -0.1) is 5.10 Å². The van der Waals surface area contributed by atoms with Gasteiger partial charge < -0.3 is 9.64 Å². The molecule has 0 saturated carbocycles. The quantitative estimate of drug-likeness (QED) is 0.848. The Hall–Kier alpha value is -2.15. The molecule has 1 aliphatic rings. The van der Waals surface area contributed by atoms with Crippen LogP contribution in [0.15, 0.2) is 30.6 Å². The molecule has 1 fully saturated rings. The molecule has 1 unspecified atom stereocenters. The van der Waals surface area contributed by atoms with Crippen molar-refractivity contribution in [3.63, 3.8) is 0 Å². The van der Waals surface area contributed by atoms with Crippen LogP contribution in [-0.2, 0) is 4.79 Å². The van der Waals surface area contributed by atoms with Crippen LogP contribution in [0.4, 0.5) is 0 Å². The number of tetrazole rings is 1. The van der Waals surface area contributed by atoms with Crippen LogP contribution >= 0.6 is 11.6 Å². The standard InChI is InChI=1S/C13H14ClN5O2/c1-9(19-8-15-16-17-19)13(20)18-6-10(7-18)21-12-5-3-2-4-11(12)14/h2-5,8-10H,6-7H2,1H3. The summed E-state index contributed by atoms with van der Waals surface area (Å²) in [4.78, 5) is 13.9. The van der Waals surface area contributed by atoms with E-state index in [0.717, 1.165) is 0 Å². The van der Waals surface area contributed by atoms with Gasteiger partial charge in [-0.3, -0.25) is 4.79 Å². The second kappa shape index (κ2) is 5.69.